The molecule has 2 N–H and O–H groups in total. The zero-order valence-corrected chi connectivity index (χ0v) is 19.7. The van der Waals surface area contributed by atoms with Crippen LogP contribution in [0.3, 0.4) is 0 Å². The van der Waals surface area contributed by atoms with Gasteiger partial charge in [0.15, 0.2) is 0 Å². The van der Waals surface area contributed by atoms with E-state index in [-0.39, 0.29) is 17.4 Å². The Balaban J connectivity index is 1.70. The highest BCUT2D eigenvalue weighted by Crippen LogP contribution is 2.36. The van der Waals surface area contributed by atoms with Gasteiger partial charge in [0.05, 0.1) is 22.5 Å². The lowest BCUT2D eigenvalue weighted by Gasteiger charge is -2.21. The number of hydrogen-bond acceptors (Lipinski definition) is 5. The number of aromatic nitrogens is 3. The standard InChI is InChI=1S/C29H23FN4O2/c1-17-13-22(18(2)33-25-6-4-3-5-21(25)29(35)36)24-15-23(19-7-9-20(30)10-8-19)28(34-27(24)14-17)26-11-12-31-16-32-26/h3-16,18,33H,1-2H3,(H,35,36). The molecule has 178 valence electrons. The van der Waals surface area contributed by atoms with Gasteiger partial charge in [0.2, 0.25) is 0 Å². The van der Waals surface area contributed by atoms with E-state index in [1.807, 2.05) is 26.0 Å². The summed E-state index contributed by atoms with van der Waals surface area (Å²) in [4.78, 5) is 25.1. The molecule has 6 nitrogen and oxygen atoms in total. The largest absolute Gasteiger partial charge is 0.478 e. The predicted molar refractivity (Wildman–Crippen MR) is 138 cm³/mol. The average molecular weight is 479 g/mol. The quantitative estimate of drug-likeness (QED) is 0.283. The number of para-hydroxylation sites is 1. The Kier molecular flexibility index (Phi) is 6.12. The second kappa shape index (κ2) is 9.54. The highest BCUT2D eigenvalue weighted by Gasteiger charge is 2.19. The predicted octanol–water partition coefficient (Wildman–Crippen LogP) is 6.68. The van der Waals surface area contributed by atoms with Crippen molar-refractivity contribution in [2.45, 2.75) is 19.9 Å². The van der Waals surface area contributed by atoms with Crippen molar-refractivity contribution in [2.75, 3.05) is 5.32 Å². The van der Waals surface area contributed by atoms with E-state index in [0.29, 0.717) is 17.1 Å². The zero-order chi connectivity index (χ0) is 25.2. The van der Waals surface area contributed by atoms with Crippen LogP contribution in [-0.4, -0.2) is 26.0 Å². The molecule has 0 bridgehead atoms. The molecule has 0 aliphatic carbocycles. The molecule has 0 saturated heterocycles. The van der Waals surface area contributed by atoms with Crippen LogP contribution in [0.15, 0.2) is 85.3 Å². The SMILES string of the molecule is Cc1cc(C(C)Nc2ccccc2C(=O)O)c2cc(-c3ccc(F)cc3)c(-c3ccncn3)nc2c1. The number of halogens is 1. The molecular formula is C29H23FN4O2. The van der Waals surface area contributed by atoms with E-state index in [2.05, 4.69) is 21.4 Å². The normalized spacial score (nSPS) is 11.9. The van der Waals surface area contributed by atoms with Gasteiger partial charge in [0.25, 0.3) is 0 Å². The number of anilines is 1. The fraction of sp³-hybridized carbons (Fsp3) is 0.103. The molecule has 0 amide bonds. The molecule has 0 radical (unpaired) electrons. The van der Waals surface area contributed by atoms with Gasteiger partial charge in [-0.1, -0.05) is 30.3 Å². The van der Waals surface area contributed by atoms with Gasteiger partial charge in [-0.2, -0.15) is 0 Å². The molecule has 2 aromatic heterocycles. The van der Waals surface area contributed by atoms with Gasteiger partial charge in [0.1, 0.15) is 12.1 Å². The number of nitrogens with zero attached hydrogens (tertiary/aromatic N) is 3. The lowest BCUT2D eigenvalue weighted by molar-refractivity contribution is 0.0698. The maximum absolute atomic E-state index is 13.7. The Morgan fingerprint density at radius 1 is 1.03 bits per heavy atom. The lowest BCUT2D eigenvalue weighted by Crippen LogP contribution is -2.11. The zero-order valence-electron chi connectivity index (χ0n) is 19.7. The van der Waals surface area contributed by atoms with Gasteiger partial charge >= 0.3 is 5.97 Å². The van der Waals surface area contributed by atoms with E-state index in [1.165, 1.54) is 18.5 Å². The number of nitrogens with one attached hydrogen (secondary N) is 1. The smallest absolute Gasteiger partial charge is 0.337 e. The Morgan fingerprint density at radius 3 is 2.53 bits per heavy atom. The fourth-order valence-electron chi connectivity index (χ4n) is 4.39. The minimum Gasteiger partial charge on any atom is -0.478 e. The topological polar surface area (TPSA) is 88.0 Å². The Labute approximate surface area is 207 Å². The van der Waals surface area contributed by atoms with Gasteiger partial charge in [-0.15, -0.1) is 0 Å². The van der Waals surface area contributed by atoms with Crippen LogP contribution in [-0.2, 0) is 0 Å². The minimum absolute atomic E-state index is 0.206. The summed E-state index contributed by atoms with van der Waals surface area (Å²) in [7, 11) is 0. The second-order valence-electron chi connectivity index (χ2n) is 8.62. The Hall–Kier alpha value is -4.65. The number of rotatable bonds is 6. The highest BCUT2D eigenvalue weighted by molar-refractivity contribution is 5.95. The van der Waals surface area contributed by atoms with Crippen LogP contribution in [0.5, 0.6) is 0 Å². The van der Waals surface area contributed by atoms with E-state index in [1.54, 1.807) is 48.7 Å². The molecule has 0 fully saturated rings. The van der Waals surface area contributed by atoms with Gasteiger partial charge in [-0.3, -0.25) is 0 Å². The highest BCUT2D eigenvalue weighted by atomic mass is 19.1. The average Bonchev–Trinajstić information content (AvgIpc) is 2.88. The van der Waals surface area contributed by atoms with Crippen molar-refractivity contribution in [3.63, 3.8) is 0 Å². The number of aryl methyl sites for hydroxylation is 1. The first kappa shape index (κ1) is 23.1. The number of pyridine rings is 1. The number of aromatic carboxylic acids is 1. The number of hydrogen-bond donors (Lipinski definition) is 2. The van der Waals surface area contributed by atoms with Gasteiger partial charge < -0.3 is 10.4 Å². The van der Waals surface area contributed by atoms with Crippen LogP contribution >= 0.6 is 0 Å². The van der Waals surface area contributed by atoms with Crippen LogP contribution in [0, 0.1) is 12.7 Å². The van der Waals surface area contributed by atoms with Crippen LogP contribution in [0.25, 0.3) is 33.4 Å². The van der Waals surface area contributed by atoms with Crippen molar-refractivity contribution in [1.82, 2.24) is 15.0 Å². The fourth-order valence-corrected chi connectivity index (χ4v) is 4.39. The van der Waals surface area contributed by atoms with E-state index < -0.39 is 5.97 Å². The Morgan fingerprint density at radius 2 is 1.81 bits per heavy atom. The molecule has 5 rings (SSSR count). The van der Waals surface area contributed by atoms with Crippen LogP contribution in [0.2, 0.25) is 0 Å². The van der Waals surface area contributed by atoms with Crippen molar-refractivity contribution in [3.05, 3.63) is 108 Å². The summed E-state index contributed by atoms with van der Waals surface area (Å²) in [6.45, 7) is 3.99. The van der Waals surface area contributed by atoms with Gasteiger partial charge in [-0.25, -0.2) is 24.1 Å². The third-order valence-electron chi connectivity index (χ3n) is 6.09. The molecule has 0 saturated carbocycles. The summed E-state index contributed by atoms with van der Waals surface area (Å²) >= 11 is 0. The van der Waals surface area contributed by atoms with Gasteiger partial charge in [-0.05, 0) is 73.0 Å². The van der Waals surface area contributed by atoms with Crippen molar-refractivity contribution < 1.29 is 14.3 Å². The number of carbonyl (C=O) groups is 1. The lowest BCUT2D eigenvalue weighted by atomic mass is 9.94. The van der Waals surface area contributed by atoms with Gasteiger partial charge in [0, 0.05) is 28.9 Å². The summed E-state index contributed by atoms with van der Waals surface area (Å²) in [6.07, 6.45) is 3.14. The first-order chi connectivity index (χ1) is 17.4. The van der Waals surface area contributed by atoms with E-state index >= 15 is 0 Å². The first-order valence-electron chi connectivity index (χ1n) is 11.5. The van der Waals surface area contributed by atoms with E-state index in [9.17, 15) is 14.3 Å². The third kappa shape index (κ3) is 4.51. The summed E-state index contributed by atoms with van der Waals surface area (Å²) in [5, 5.41) is 13.9. The molecular weight excluding hydrogens is 455 g/mol. The van der Waals surface area contributed by atoms with Crippen molar-refractivity contribution >= 4 is 22.6 Å². The second-order valence-corrected chi connectivity index (χ2v) is 8.62. The summed E-state index contributed by atoms with van der Waals surface area (Å²) in [5.74, 6) is -1.31. The molecule has 5 aromatic rings. The third-order valence-corrected chi connectivity index (χ3v) is 6.09. The molecule has 1 atom stereocenters. The van der Waals surface area contributed by atoms with Crippen molar-refractivity contribution in [3.8, 4) is 22.5 Å². The molecule has 0 aliphatic heterocycles. The van der Waals surface area contributed by atoms with Crippen LogP contribution < -0.4 is 5.32 Å². The summed E-state index contributed by atoms with van der Waals surface area (Å²) in [5.41, 5.74) is 6.47. The number of fused-ring (bicyclic) bond motifs is 1. The molecule has 3 aromatic carbocycles. The molecule has 2 heterocycles. The van der Waals surface area contributed by atoms with Crippen LogP contribution in [0.4, 0.5) is 10.1 Å². The number of benzene rings is 3. The molecule has 36 heavy (non-hydrogen) atoms. The van der Waals surface area contributed by atoms with Crippen LogP contribution in [0.1, 0.15) is 34.5 Å². The number of carboxylic acid groups (broad SMARTS) is 1. The monoisotopic (exact) mass is 478 g/mol. The van der Waals surface area contributed by atoms with E-state index in [0.717, 1.165) is 33.2 Å². The minimum atomic E-state index is -0.992. The Bertz CT molecular complexity index is 1570. The molecule has 1 unspecified atom stereocenters. The number of carboxylic acids is 1. The molecule has 7 heteroatoms. The van der Waals surface area contributed by atoms with Crippen molar-refractivity contribution in [2.24, 2.45) is 0 Å². The summed E-state index contributed by atoms with van der Waals surface area (Å²) < 4.78 is 13.7. The first-order valence-corrected chi connectivity index (χ1v) is 11.5. The summed E-state index contributed by atoms with van der Waals surface area (Å²) in [6, 6.07) is 20.8. The maximum Gasteiger partial charge on any atom is 0.337 e. The van der Waals surface area contributed by atoms with E-state index in [4.69, 9.17) is 4.98 Å². The van der Waals surface area contributed by atoms with Crippen molar-refractivity contribution in [1.29, 1.82) is 0 Å². The molecule has 0 aliphatic rings. The molecule has 0 spiro atoms. The maximum atomic E-state index is 13.7.